The van der Waals surface area contributed by atoms with Gasteiger partial charge in [-0.25, -0.2) is 0 Å². The number of para-hydroxylation sites is 1. The van der Waals surface area contributed by atoms with Gasteiger partial charge in [0.2, 0.25) is 11.8 Å². The average Bonchev–Trinajstić information content (AvgIpc) is 2.74. The molecule has 32 heavy (non-hydrogen) atoms. The molecular formula is C21H23N3O7S. The molecule has 3 rings (SSSR count). The summed E-state index contributed by atoms with van der Waals surface area (Å²) in [6, 6.07) is 12.3. The molecule has 0 saturated carbocycles. The van der Waals surface area contributed by atoms with Gasteiger partial charge in [0.05, 0.1) is 16.7 Å². The van der Waals surface area contributed by atoms with E-state index in [9.17, 15) is 28.1 Å². The normalized spacial score (nSPS) is 20.3. The van der Waals surface area contributed by atoms with Gasteiger partial charge in [-0.05, 0) is 11.6 Å². The van der Waals surface area contributed by atoms with Crippen LogP contribution in [0.3, 0.4) is 0 Å². The van der Waals surface area contributed by atoms with Crippen molar-refractivity contribution >= 4 is 27.6 Å². The SMILES string of the molecule is CN1C(=O)C(C(OS(C)(=O)=O)c2ccccc2[N+](=O)[O-])N(C)C(=O)C1Cc1ccccc1. The molecule has 1 aliphatic rings. The Morgan fingerprint density at radius 2 is 1.59 bits per heavy atom. The van der Waals surface area contributed by atoms with E-state index in [1.54, 1.807) is 0 Å². The van der Waals surface area contributed by atoms with Crippen molar-refractivity contribution in [2.45, 2.75) is 24.6 Å². The van der Waals surface area contributed by atoms with E-state index in [-0.39, 0.29) is 12.0 Å². The zero-order chi connectivity index (χ0) is 23.6. The van der Waals surface area contributed by atoms with Crippen molar-refractivity contribution in [2.75, 3.05) is 20.4 Å². The van der Waals surface area contributed by atoms with Gasteiger partial charge >= 0.3 is 0 Å². The van der Waals surface area contributed by atoms with Crippen molar-refractivity contribution in [3.8, 4) is 0 Å². The molecule has 3 unspecified atom stereocenters. The molecule has 1 fully saturated rings. The summed E-state index contributed by atoms with van der Waals surface area (Å²) in [6.45, 7) is 0. The number of amides is 2. The molecule has 0 N–H and O–H groups in total. The Labute approximate surface area is 185 Å². The van der Waals surface area contributed by atoms with Gasteiger partial charge in [-0.2, -0.15) is 8.42 Å². The summed E-state index contributed by atoms with van der Waals surface area (Å²) < 4.78 is 29.2. The molecule has 3 atom stereocenters. The van der Waals surface area contributed by atoms with Crippen LogP contribution in [0.5, 0.6) is 0 Å². The molecular weight excluding hydrogens is 438 g/mol. The number of piperazine rings is 1. The fraction of sp³-hybridized carbons (Fsp3) is 0.333. The fourth-order valence-electron chi connectivity index (χ4n) is 3.82. The molecule has 10 nitrogen and oxygen atoms in total. The van der Waals surface area contributed by atoms with E-state index in [1.165, 1.54) is 43.3 Å². The lowest BCUT2D eigenvalue weighted by molar-refractivity contribution is -0.386. The molecule has 1 aliphatic heterocycles. The number of nitro groups is 1. The second-order valence-corrected chi connectivity index (χ2v) is 9.19. The molecule has 0 bridgehead atoms. The van der Waals surface area contributed by atoms with E-state index in [1.807, 2.05) is 30.3 Å². The van der Waals surface area contributed by atoms with Crippen molar-refractivity contribution in [1.29, 1.82) is 0 Å². The van der Waals surface area contributed by atoms with E-state index in [0.717, 1.165) is 16.7 Å². The predicted molar refractivity (Wildman–Crippen MR) is 115 cm³/mol. The standard InChI is InChI=1S/C21H23N3O7S/c1-22-17(13-14-9-5-4-6-10-14)20(25)23(2)18(21(22)26)19(31-32(3,29)30)15-11-7-8-12-16(15)24(27)28/h4-12,17-19H,13H2,1-3H3. The maximum absolute atomic E-state index is 13.4. The lowest BCUT2D eigenvalue weighted by Gasteiger charge is -2.44. The number of nitrogens with zero attached hydrogens (tertiary/aromatic N) is 3. The minimum absolute atomic E-state index is 0.115. The van der Waals surface area contributed by atoms with Gasteiger partial charge in [-0.1, -0.05) is 42.5 Å². The van der Waals surface area contributed by atoms with Gasteiger partial charge < -0.3 is 9.80 Å². The van der Waals surface area contributed by atoms with Gasteiger partial charge in [-0.15, -0.1) is 0 Å². The molecule has 11 heteroatoms. The molecule has 2 amide bonds. The Hall–Kier alpha value is -3.31. The summed E-state index contributed by atoms with van der Waals surface area (Å²) in [5.41, 5.74) is 0.319. The molecule has 0 aliphatic carbocycles. The summed E-state index contributed by atoms with van der Waals surface area (Å²) >= 11 is 0. The molecule has 1 heterocycles. The summed E-state index contributed by atoms with van der Waals surface area (Å²) in [5.74, 6) is -1.01. The van der Waals surface area contributed by atoms with E-state index < -0.39 is 50.7 Å². The van der Waals surface area contributed by atoms with Crippen LogP contribution in [0.1, 0.15) is 17.2 Å². The van der Waals surface area contributed by atoms with Crippen LogP contribution in [0.2, 0.25) is 0 Å². The van der Waals surface area contributed by atoms with Gasteiger partial charge in [0.25, 0.3) is 15.8 Å². The van der Waals surface area contributed by atoms with E-state index >= 15 is 0 Å². The van der Waals surface area contributed by atoms with Crippen molar-refractivity contribution < 1.29 is 27.1 Å². The van der Waals surface area contributed by atoms with Crippen LogP contribution in [0.15, 0.2) is 54.6 Å². The van der Waals surface area contributed by atoms with Gasteiger partial charge in [0.15, 0.2) is 0 Å². The summed E-state index contributed by atoms with van der Waals surface area (Å²) in [4.78, 5) is 39.8. The Morgan fingerprint density at radius 1 is 1.00 bits per heavy atom. The molecule has 170 valence electrons. The predicted octanol–water partition coefficient (Wildman–Crippen LogP) is 1.52. The van der Waals surface area contributed by atoms with E-state index in [2.05, 4.69) is 0 Å². The average molecular weight is 461 g/mol. The van der Waals surface area contributed by atoms with Gasteiger partial charge in [0, 0.05) is 26.6 Å². The highest BCUT2D eigenvalue weighted by molar-refractivity contribution is 7.86. The molecule has 0 spiro atoms. The molecule has 0 radical (unpaired) electrons. The first kappa shape index (κ1) is 23.4. The van der Waals surface area contributed by atoms with E-state index in [0.29, 0.717) is 0 Å². The lowest BCUT2D eigenvalue weighted by atomic mass is 9.93. The minimum Gasteiger partial charge on any atom is -0.331 e. The number of carbonyl (C=O) groups excluding carboxylic acids is 2. The molecule has 2 aromatic carbocycles. The number of nitro benzene ring substituents is 1. The highest BCUT2D eigenvalue weighted by Gasteiger charge is 2.49. The van der Waals surface area contributed by atoms with E-state index in [4.69, 9.17) is 4.18 Å². The number of likely N-dealkylation sites (N-methyl/N-ethyl adjacent to an activating group) is 2. The lowest BCUT2D eigenvalue weighted by Crippen LogP contribution is -2.64. The first-order chi connectivity index (χ1) is 15.0. The van der Waals surface area contributed by atoms with Crippen LogP contribution in [0.4, 0.5) is 5.69 Å². The second-order valence-electron chi connectivity index (χ2n) is 7.59. The Bertz CT molecular complexity index is 1140. The number of hydrogen-bond donors (Lipinski definition) is 0. The fourth-order valence-corrected chi connectivity index (χ4v) is 4.40. The van der Waals surface area contributed by atoms with Crippen LogP contribution >= 0.6 is 0 Å². The number of benzene rings is 2. The van der Waals surface area contributed by atoms with Crippen molar-refractivity contribution in [1.82, 2.24) is 9.80 Å². The smallest absolute Gasteiger partial charge is 0.275 e. The van der Waals surface area contributed by atoms with Crippen molar-refractivity contribution in [2.24, 2.45) is 0 Å². The van der Waals surface area contributed by atoms with Crippen LogP contribution in [0.25, 0.3) is 0 Å². The van der Waals surface area contributed by atoms with Gasteiger partial charge in [0.1, 0.15) is 18.2 Å². The number of rotatable bonds is 7. The largest absolute Gasteiger partial charge is 0.331 e. The zero-order valence-electron chi connectivity index (χ0n) is 17.7. The van der Waals surface area contributed by atoms with Crippen LogP contribution in [0, 0.1) is 10.1 Å². The highest BCUT2D eigenvalue weighted by atomic mass is 32.2. The molecule has 1 saturated heterocycles. The van der Waals surface area contributed by atoms with Crippen LogP contribution < -0.4 is 0 Å². The molecule has 2 aromatic rings. The monoisotopic (exact) mass is 461 g/mol. The minimum atomic E-state index is -4.14. The zero-order valence-corrected chi connectivity index (χ0v) is 18.6. The first-order valence-corrected chi connectivity index (χ1v) is 11.5. The maximum Gasteiger partial charge on any atom is 0.275 e. The van der Waals surface area contributed by atoms with Crippen LogP contribution in [-0.2, 0) is 30.3 Å². The second kappa shape index (κ2) is 9.05. The third-order valence-electron chi connectivity index (χ3n) is 5.40. The topological polar surface area (TPSA) is 127 Å². The van der Waals surface area contributed by atoms with Crippen molar-refractivity contribution in [3.05, 3.63) is 75.8 Å². The number of hydrogen-bond acceptors (Lipinski definition) is 7. The summed E-state index contributed by atoms with van der Waals surface area (Å²) in [6.07, 6.45) is -0.540. The number of carbonyl (C=O) groups is 2. The Kier molecular flexibility index (Phi) is 6.60. The Balaban J connectivity index is 2.04. The molecule has 0 aromatic heterocycles. The quantitative estimate of drug-likeness (QED) is 0.347. The maximum atomic E-state index is 13.4. The third kappa shape index (κ3) is 4.78. The Morgan fingerprint density at radius 3 is 2.19 bits per heavy atom. The van der Waals surface area contributed by atoms with Crippen molar-refractivity contribution in [3.63, 3.8) is 0 Å². The first-order valence-electron chi connectivity index (χ1n) is 9.70. The highest BCUT2D eigenvalue weighted by Crippen LogP contribution is 2.36. The summed E-state index contributed by atoms with van der Waals surface area (Å²) in [5, 5.41) is 11.5. The third-order valence-corrected chi connectivity index (χ3v) is 5.95. The van der Waals surface area contributed by atoms with Crippen LogP contribution in [-0.4, -0.2) is 67.4 Å². The summed E-state index contributed by atoms with van der Waals surface area (Å²) in [7, 11) is -1.32. The van der Waals surface area contributed by atoms with Gasteiger partial charge in [-0.3, -0.25) is 23.9 Å².